The van der Waals surface area contributed by atoms with Crippen LogP contribution in [0.15, 0.2) is 48.9 Å². The van der Waals surface area contributed by atoms with Gasteiger partial charge in [0.25, 0.3) is 0 Å². The standard InChI is InChI=1S/C17H17N3O3S/c1-22-12-5-6-15(23-2)14(9-12)19-16(21)10-13-11-18-17(24-13)20-7-3-4-8-20/h3-9,11H,10H2,1-2H3,(H,19,21). The molecular weight excluding hydrogens is 326 g/mol. The third-order valence-electron chi connectivity index (χ3n) is 3.38. The van der Waals surface area contributed by atoms with Crippen molar-refractivity contribution in [3.8, 4) is 16.6 Å². The first-order chi connectivity index (χ1) is 11.7. The average Bonchev–Trinajstić information content (AvgIpc) is 3.25. The first-order valence-corrected chi connectivity index (χ1v) is 8.11. The smallest absolute Gasteiger partial charge is 0.229 e. The van der Waals surface area contributed by atoms with Gasteiger partial charge in [-0.2, -0.15) is 0 Å². The van der Waals surface area contributed by atoms with Crippen LogP contribution in [0.3, 0.4) is 0 Å². The molecule has 2 aromatic heterocycles. The Hall–Kier alpha value is -2.80. The quantitative estimate of drug-likeness (QED) is 0.747. The van der Waals surface area contributed by atoms with E-state index in [0.717, 1.165) is 10.0 Å². The number of amides is 1. The molecule has 0 radical (unpaired) electrons. The van der Waals surface area contributed by atoms with Crippen molar-refractivity contribution in [3.05, 3.63) is 53.8 Å². The van der Waals surface area contributed by atoms with E-state index in [9.17, 15) is 4.79 Å². The van der Waals surface area contributed by atoms with Crippen molar-refractivity contribution in [3.63, 3.8) is 0 Å². The fourth-order valence-electron chi connectivity index (χ4n) is 2.22. The van der Waals surface area contributed by atoms with E-state index in [1.165, 1.54) is 11.3 Å². The molecule has 7 heteroatoms. The minimum Gasteiger partial charge on any atom is -0.497 e. The van der Waals surface area contributed by atoms with Crippen LogP contribution in [0.2, 0.25) is 0 Å². The molecule has 0 spiro atoms. The van der Waals surface area contributed by atoms with Gasteiger partial charge < -0.3 is 19.4 Å². The van der Waals surface area contributed by atoms with E-state index in [2.05, 4.69) is 10.3 Å². The Kier molecular flexibility index (Phi) is 4.81. The molecule has 0 aliphatic heterocycles. The van der Waals surface area contributed by atoms with E-state index in [0.29, 0.717) is 17.2 Å². The highest BCUT2D eigenvalue weighted by molar-refractivity contribution is 7.14. The van der Waals surface area contributed by atoms with Gasteiger partial charge in [0.15, 0.2) is 5.13 Å². The lowest BCUT2D eigenvalue weighted by atomic mass is 10.2. The molecule has 6 nitrogen and oxygen atoms in total. The first kappa shape index (κ1) is 16.1. The summed E-state index contributed by atoms with van der Waals surface area (Å²) in [7, 11) is 3.14. The highest BCUT2D eigenvalue weighted by Gasteiger charge is 2.12. The molecule has 3 aromatic rings. The summed E-state index contributed by atoms with van der Waals surface area (Å²) in [5.41, 5.74) is 0.581. The number of nitrogens with zero attached hydrogens (tertiary/aromatic N) is 2. The molecule has 1 aromatic carbocycles. The van der Waals surface area contributed by atoms with Gasteiger partial charge in [-0.15, -0.1) is 11.3 Å². The number of anilines is 1. The predicted molar refractivity (Wildman–Crippen MR) is 93.3 cm³/mol. The number of benzene rings is 1. The SMILES string of the molecule is COc1ccc(OC)c(NC(=O)Cc2cnc(-n3cccc3)s2)c1. The molecule has 124 valence electrons. The Labute approximate surface area is 143 Å². The lowest BCUT2D eigenvalue weighted by molar-refractivity contribution is -0.115. The van der Waals surface area contributed by atoms with E-state index in [-0.39, 0.29) is 12.3 Å². The zero-order valence-corrected chi connectivity index (χ0v) is 14.2. The molecule has 0 fully saturated rings. The van der Waals surface area contributed by atoms with Crippen molar-refractivity contribution in [1.29, 1.82) is 0 Å². The van der Waals surface area contributed by atoms with Crippen LogP contribution in [0.25, 0.3) is 5.13 Å². The number of methoxy groups -OCH3 is 2. The summed E-state index contributed by atoms with van der Waals surface area (Å²) >= 11 is 1.48. The summed E-state index contributed by atoms with van der Waals surface area (Å²) in [6, 6.07) is 9.13. The highest BCUT2D eigenvalue weighted by atomic mass is 32.1. The summed E-state index contributed by atoms with van der Waals surface area (Å²) in [6.45, 7) is 0. The van der Waals surface area contributed by atoms with Crippen molar-refractivity contribution in [2.75, 3.05) is 19.5 Å². The van der Waals surface area contributed by atoms with Crippen LogP contribution < -0.4 is 14.8 Å². The predicted octanol–water partition coefficient (Wildman–Crippen LogP) is 3.13. The number of hydrogen-bond donors (Lipinski definition) is 1. The summed E-state index contributed by atoms with van der Waals surface area (Å²) in [5.74, 6) is 1.10. The largest absolute Gasteiger partial charge is 0.497 e. The van der Waals surface area contributed by atoms with Crippen LogP contribution in [0.4, 0.5) is 5.69 Å². The Morgan fingerprint density at radius 1 is 1.25 bits per heavy atom. The van der Waals surface area contributed by atoms with Crippen molar-refractivity contribution in [2.45, 2.75) is 6.42 Å². The first-order valence-electron chi connectivity index (χ1n) is 7.29. The van der Waals surface area contributed by atoms with Crippen LogP contribution in [-0.4, -0.2) is 29.7 Å². The van der Waals surface area contributed by atoms with Crippen LogP contribution in [0.5, 0.6) is 11.5 Å². The molecule has 0 saturated carbocycles. The summed E-state index contributed by atoms with van der Waals surface area (Å²) in [4.78, 5) is 17.5. The van der Waals surface area contributed by atoms with Crippen molar-refractivity contribution < 1.29 is 14.3 Å². The molecule has 3 rings (SSSR count). The molecule has 0 unspecified atom stereocenters. The summed E-state index contributed by atoms with van der Waals surface area (Å²) in [6.07, 6.45) is 5.81. The van der Waals surface area contributed by atoms with E-state index < -0.39 is 0 Å². The van der Waals surface area contributed by atoms with Crippen LogP contribution >= 0.6 is 11.3 Å². The van der Waals surface area contributed by atoms with Gasteiger partial charge in [-0.1, -0.05) is 0 Å². The lowest BCUT2D eigenvalue weighted by Gasteiger charge is -2.11. The van der Waals surface area contributed by atoms with Crippen molar-refractivity contribution in [2.24, 2.45) is 0 Å². The average molecular weight is 343 g/mol. The normalized spacial score (nSPS) is 10.4. The fraction of sp³-hybridized carbons (Fsp3) is 0.176. The maximum absolute atomic E-state index is 12.3. The molecule has 0 aliphatic carbocycles. The molecular formula is C17H17N3O3S. The number of ether oxygens (including phenoxy) is 2. The second-order valence-corrected chi connectivity index (χ2v) is 6.08. The Bertz CT molecular complexity index is 827. The zero-order chi connectivity index (χ0) is 16.9. The maximum Gasteiger partial charge on any atom is 0.229 e. The van der Waals surface area contributed by atoms with E-state index in [1.54, 1.807) is 38.6 Å². The molecule has 0 aliphatic rings. The number of rotatable bonds is 6. The topological polar surface area (TPSA) is 65.4 Å². The Balaban J connectivity index is 1.70. The van der Waals surface area contributed by atoms with Crippen molar-refractivity contribution in [1.82, 2.24) is 9.55 Å². The van der Waals surface area contributed by atoms with Gasteiger partial charge in [0.2, 0.25) is 5.91 Å². The third-order valence-corrected chi connectivity index (χ3v) is 4.39. The molecule has 1 amide bonds. The number of carbonyl (C=O) groups excluding carboxylic acids is 1. The summed E-state index contributed by atoms with van der Waals surface area (Å²) < 4.78 is 12.4. The van der Waals surface area contributed by atoms with Gasteiger partial charge in [-0.3, -0.25) is 4.79 Å². The van der Waals surface area contributed by atoms with E-state index in [1.807, 2.05) is 29.1 Å². The third kappa shape index (κ3) is 3.57. The van der Waals surface area contributed by atoms with Gasteiger partial charge in [-0.05, 0) is 24.3 Å². The molecule has 1 N–H and O–H groups in total. The zero-order valence-electron chi connectivity index (χ0n) is 13.4. The minimum absolute atomic E-state index is 0.135. The highest BCUT2D eigenvalue weighted by Crippen LogP contribution is 2.29. The number of hydrogen-bond acceptors (Lipinski definition) is 5. The summed E-state index contributed by atoms with van der Waals surface area (Å²) in [5, 5.41) is 3.69. The molecule has 24 heavy (non-hydrogen) atoms. The minimum atomic E-state index is -0.135. The Morgan fingerprint density at radius 2 is 2.04 bits per heavy atom. The van der Waals surface area contributed by atoms with E-state index >= 15 is 0 Å². The van der Waals surface area contributed by atoms with Crippen LogP contribution in [0.1, 0.15) is 4.88 Å². The van der Waals surface area contributed by atoms with Gasteiger partial charge in [0, 0.05) is 29.5 Å². The number of carbonyl (C=O) groups is 1. The van der Waals surface area contributed by atoms with E-state index in [4.69, 9.17) is 9.47 Å². The lowest BCUT2D eigenvalue weighted by Crippen LogP contribution is -2.14. The molecule has 0 saturated heterocycles. The van der Waals surface area contributed by atoms with Gasteiger partial charge in [0.1, 0.15) is 11.5 Å². The number of nitrogens with one attached hydrogen (secondary N) is 1. The number of thiazole rings is 1. The van der Waals surface area contributed by atoms with Gasteiger partial charge in [0.05, 0.1) is 26.3 Å². The van der Waals surface area contributed by atoms with Crippen LogP contribution in [0, 0.1) is 0 Å². The fourth-order valence-corrected chi connectivity index (χ4v) is 3.10. The maximum atomic E-state index is 12.3. The molecule has 2 heterocycles. The number of aromatic nitrogens is 2. The van der Waals surface area contributed by atoms with Gasteiger partial charge >= 0.3 is 0 Å². The second kappa shape index (κ2) is 7.18. The second-order valence-electron chi connectivity index (χ2n) is 4.99. The molecule has 0 atom stereocenters. The van der Waals surface area contributed by atoms with Gasteiger partial charge in [-0.25, -0.2) is 4.98 Å². The monoisotopic (exact) mass is 343 g/mol. The van der Waals surface area contributed by atoms with Crippen molar-refractivity contribution >= 4 is 22.9 Å². The molecule has 0 bridgehead atoms. The van der Waals surface area contributed by atoms with Crippen LogP contribution in [-0.2, 0) is 11.2 Å². The Morgan fingerprint density at radius 3 is 2.75 bits per heavy atom.